The predicted octanol–water partition coefficient (Wildman–Crippen LogP) is 2.83. The van der Waals surface area contributed by atoms with Crippen LogP contribution in [-0.2, 0) is 10.0 Å². The molecule has 1 saturated carbocycles. The summed E-state index contributed by atoms with van der Waals surface area (Å²) < 4.78 is 26.3. The van der Waals surface area contributed by atoms with Gasteiger partial charge in [0, 0.05) is 18.1 Å². The zero-order valence-corrected chi connectivity index (χ0v) is 13.8. The van der Waals surface area contributed by atoms with Crippen molar-refractivity contribution in [2.45, 2.75) is 17.7 Å². The van der Waals surface area contributed by atoms with Gasteiger partial charge in [-0.1, -0.05) is 11.6 Å². The highest BCUT2D eigenvalue weighted by molar-refractivity contribution is 9.10. The summed E-state index contributed by atoms with van der Waals surface area (Å²) >= 11 is 8.94. The monoisotopic (exact) mass is 381 g/mol. The molecule has 5 nitrogen and oxygen atoms in total. The molecule has 0 radical (unpaired) electrons. The molecular weight excluding hydrogens is 370 g/mol. The number of nitrogens with zero attached hydrogens (tertiary/aromatic N) is 1. The molecule has 0 atom stereocenters. The molecule has 0 spiro atoms. The average molecular weight is 383 g/mol. The van der Waals surface area contributed by atoms with Gasteiger partial charge in [-0.3, -0.25) is 0 Å². The molecule has 1 aromatic rings. The van der Waals surface area contributed by atoms with E-state index in [0.717, 1.165) is 18.9 Å². The highest BCUT2D eigenvalue weighted by Crippen LogP contribution is 2.33. The zero-order chi connectivity index (χ0) is 15.1. The smallest absolute Gasteiger partial charge is 0.337 e. The van der Waals surface area contributed by atoms with Crippen LogP contribution in [0.25, 0.3) is 0 Å². The Kier molecular flexibility index (Phi) is 4.44. The van der Waals surface area contributed by atoms with Crippen LogP contribution < -0.4 is 0 Å². The Morgan fingerprint density at radius 3 is 2.60 bits per heavy atom. The zero-order valence-electron chi connectivity index (χ0n) is 10.6. The van der Waals surface area contributed by atoms with Crippen LogP contribution in [0, 0.1) is 5.92 Å². The fraction of sp³-hybridized carbons (Fsp3) is 0.417. The molecule has 0 heterocycles. The van der Waals surface area contributed by atoms with E-state index in [-0.39, 0.29) is 20.0 Å². The molecule has 20 heavy (non-hydrogen) atoms. The van der Waals surface area contributed by atoms with E-state index in [9.17, 15) is 13.2 Å². The molecule has 8 heteroatoms. The minimum Gasteiger partial charge on any atom is -0.478 e. The minimum atomic E-state index is -3.71. The van der Waals surface area contributed by atoms with Gasteiger partial charge in [0.2, 0.25) is 10.0 Å². The first-order chi connectivity index (χ1) is 9.23. The lowest BCUT2D eigenvalue weighted by atomic mass is 10.2. The number of aromatic carboxylic acids is 1. The van der Waals surface area contributed by atoms with Crippen molar-refractivity contribution >= 4 is 43.5 Å². The van der Waals surface area contributed by atoms with Crippen molar-refractivity contribution in [3.05, 3.63) is 27.2 Å². The third-order valence-corrected chi connectivity index (χ3v) is 6.21. The number of sulfonamides is 1. The van der Waals surface area contributed by atoms with E-state index in [1.165, 1.54) is 17.4 Å². The van der Waals surface area contributed by atoms with Crippen LogP contribution in [0.3, 0.4) is 0 Å². The number of rotatable bonds is 5. The molecule has 110 valence electrons. The first-order valence-electron chi connectivity index (χ1n) is 5.92. The first kappa shape index (κ1) is 15.8. The number of carboxylic acids is 1. The van der Waals surface area contributed by atoms with Crippen molar-refractivity contribution in [1.82, 2.24) is 4.31 Å². The van der Waals surface area contributed by atoms with E-state index < -0.39 is 16.0 Å². The molecule has 1 aliphatic rings. The lowest BCUT2D eigenvalue weighted by Crippen LogP contribution is -2.29. The quantitative estimate of drug-likeness (QED) is 0.850. The predicted molar refractivity (Wildman–Crippen MR) is 78.7 cm³/mol. The van der Waals surface area contributed by atoms with Gasteiger partial charge >= 0.3 is 5.97 Å². The van der Waals surface area contributed by atoms with Crippen LogP contribution in [0.1, 0.15) is 23.2 Å². The highest BCUT2D eigenvalue weighted by Gasteiger charge is 2.30. The van der Waals surface area contributed by atoms with Crippen molar-refractivity contribution in [2.75, 3.05) is 13.6 Å². The van der Waals surface area contributed by atoms with Gasteiger partial charge in [-0.05, 0) is 46.8 Å². The first-order valence-corrected chi connectivity index (χ1v) is 8.53. The summed E-state index contributed by atoms with van der Waals surface area (Å²) in [6.07, 6.45) is 2.06. The second-order valence-corrected chi connectivity index (χ2v) is 8.08. The molecule has 0 bridgehead atoms. The third kappa shape index (κ3) is 3.16. The standard InChI is InChI=1S/C12H13BrClNO4S/c1-15(6-7-2-3-7)20(18,19)8-4-9(12(16)17)11(14)10(13)5-8/h4-5,7H,2-3,6H2,1H3,(H,16,17). The van der Waals surface area contributed by atoms with Crippen LogP contribution >= 0.6 is 27.5 Å². The van der Waals surface area contributed by atoms with Crippen LogP contribution in [0.15, 0.2) is 21.5 Å². The Bertz CT molecular complexity index is 658. The van der Waals surface area contributed by atoms with E-state index in [0.29, 0.717) is 12.5 Å². The normalized spacial score (nSPS) is 15.6. The summed E-state index contributed by atoms with van der Waals surface area (Å²) in [5.41, 5.74) is -0.237. The Hall–Kier alpha value is -0.630. The van der Waals surface area contributed by atoms with Gasteiger partial charge in [0.25, 0.3) is 0 Å². The number of hydrogen-bond donors (Lipinski definition) is 1. The second kappa shape index (κ2) is 5.63. The van der Waals surface area contributed by atoms with Crippen LogP contribution in [0.5, 0.6) is 0 Å². The number of benzene rings is 1. The van der Waals surface area contributed by atoms with E-state index in [4.69, 9.17) is 16.7 Å². The van der Waals surface area contributed by atoms with Crippen molar-refractivity contribution in [1.29, 1.82) is 0 Å². The molecule has 1 aromatic carbocycles. The Labute approximate surface area is 130 Å². The fourth-order valence-corrected chi connectivity index (χ4v) is 3.91. The minimum absolute atomic E-state index is 0.0127. The summed E-state index contributed by atoms with van der Waals surface area (Å²) in [6, 6.07) is 2.42. The average Bonchev–Trinajstić information content (AvgIpc) is 3.15. The van der Waals surface area contributed by atoms with Gasteiger partial charge in [0.15, 0.2) is 0 Å². The van der Waals surface area contributed by atoms with E-state index in [1.807, 2.05) is 0 Å². The molecule has 1 fully saturated rings. The molecular formula is C12H13BrClNO4S. The second-order valence-electron chi connectivity index (χ2n) is 4.80. The molecule has 1 N–H and O–H groups in total. The maximum atomic E-state index is 12.4. The molecule has 0 aliphatic heterocycles. The van der Waals surface area contributed by atoms with E-state index in [1.54, 1.807) is 0 Å². The number of hydrogen-bond acceptors (Lipinski definition) is 3. The summed E-state index contributed by atoms with van der Waals surface area (Å²) in [4.78, 5) is 11.0. The van der Waals surface area contributed by atoms with Crippen molar-refractivity contribution in [2.24, 2.45) is 5.92 Å². The summed E-state index contributed by atoms with van der Waals surface area (Å²) in [5.74, 6) is -0.859. The Morgan fingerprint density at radius 1 is 1.50 bits per heavy atom. The van der Waals surface area contributed by atoms with Crippen LogP contribution in [0.4, 0.5) is 0 Å². The maximum Gasteiger partial charge on any atom is 0.337 e. The molecule has 0 unspecified atom stereocenters. The molecule has 1 aliphatic carbocycles. The SMILES string of the molecule is CN(CC1CC1)S(=O)(=O)c1cc(Br)c(Cl)c(C(=O)O)c1. The van der Waals surface area contributed by atoms with Gasteiger partial charge in [-0.25, -0.2) is 17.5 Å². The van der Waals surface area contributed by atoms with Gasteiger partial charge in [0.05, 0.1) is 15.5 Å². The molecule has 0 saturated heterocycles. The van der Waals surface area contributed by atoms with Crippen molar-refractivity contribution in [3.8, 4) is 0 Å². The van der Waals surface area contributed by atoms with Crippen molar-refractivity contribution in [3.63, 3.8) is 0 Å². The maximum absolute atomic E-state index is 12.4. The molecule has 0 amide bonds. The Balaban J connectivity index is 2.43. The van der Waals surface area contributed by atoms with Crippen LogP contribution in [-0.4, -0.2) is 37.4 Å². The van der Waals surface area contributed by atoms with E-state index >= 15 is 0 Å². The fourth-order valence-electron chi connectivity index (χ4n) is 1.81. The van der Waals surface area contributed by atoms with Gasteiger partial charge < -0.3 is 5.11 Å². The molecule has 0 aromatic heterocycles. The largest absolute Gasteiger partial charge is 0.478 e. The summed E-state index contributed by atoms with van der Waals surface area (Å²) in [7, 11) is -2.21. The lowest BCUT2D eigenvalue weighted by molar-refractivity contribution is 0.0696. The van der Waals surface area contributed by atoms with Crippen LogP contribution in [0.2, 0.25) is 5.02 Å². The van der Waals surface area contributed by atoms with E-state index in [2.05, 4.69) is 15.9 Å². The summed E-state index contributed by atoms with van der Waals surface area (Å²) in [5, 5.41) is 9.05. The number of halogens is 2. The van der Waals surface area contributed by atoms with Gasteiger partial charge in [-0.2, -0.15) is 0 Å². The van der Waals surface area contributed by atoms with Crippen molar-refractivity contribution < 1.29 is 18.3 Å². The number of carbonyl (C=O) groups is 1. The van der Waals surface area contributed by atoms with Gasteiger partial charge in [0.1, 0.15) is 0 Å². The molecule has 2 rings (SSSR count). The Morgan fingerprint density at radius 2 is 2.10 bits per heavy atom. The lowest BCUT2D eigenvalue weighted by Gasteiger charge is -2.17. The van der Waals surface area contributed by atoms with Gasteiger partial charge in [-0.15, -0.1) is 0 Å². The number of carboxylic acid groups (broad SMARTS) is 1. The topological polar surface area (TPSA) is 74.7 Å². The third-order valence-electron chi connectivity index (χ3n) is 3.15. The summed E-state index contributed by atoms with van der Waals surface area (Å²) in [6.45, 7) is 0.449. The highest BCUT2D eigenvalue weighted by atomic mass is 79.9.